The number of phenols is 1. The van der Waals surface area contributed by atoms with Crippen molar-refractivity contribution in [3.63, 3.8) is 0 Å². The van der Waals surface area contributed by atoms with Crippen molar-refractivity contribution in [2.75, 3.05) is 0 Å². The van der Waals surface area contributed by atoms with Crippen LogP contribution in [0.1, 0.15) is 17.3 Å². The topological polar surface area (TPSA) is 54.4 Å². The maximum atomic E-state index is 10.6. The summed E-state index contributed by atoms with van der Waals surface area (Å²) in [5, 5.41) is 8.63. The van der Waals surface area contributed by atoms with Gasteiger partial charge in [0.2, 0.25) is 3.79 Å². The molecule has 0 atom stereocenters. The van der Waals surface area contributed by atoms with Crippen LogP contribution in [0.15, 0.2) is 60.7 Å². The molecule has 0 aliphatic rings. The summed E-state index contributed by atoms with van der Waals surface area (Å²) < 4.78 is -1.72. The van der Waals surface area contributed by atoms with Gasteiger partial charge >= 0.3 is 0 Å². The Morgan fingerprint density at radius 1 is 0.955 bits per heavy atom. The fraction of sp³-hybridized carbons (Fsp3) is 0.125. The Labute approximate surface area is 144 Å². The lowest BCUT2D eigenvalue weighted by Gasteiger charge is -1.93. The third-order valence-corrected chi connectivity index (χ3v) is 2.34. The number of hydrogen-bond donors (Lipinski definition) is 1. The number of carbonyl (C=O) groups excluding carboxylic acids is 2. The molecule has 6 heteroatoms. The molecule has 2 aromatic carbocycles. The second-order valence-electron chi connectivity index (χ2n) is 3.92. The molecule has 3 nitrogen and oxygen atoms in total. The molecular formula is C16H15Cl3O3. The monoisotopic (exact) mass is 360 g/mol. The van der Waals surface area contributed by atoms with Crippen molar-refractivity contribution in [3.05, 3.63) is 66.2 Å². The average Bonchev–Trinajstić information content (AvgIpc) is 2.49. The maximum absolute atomic E-state index is 10.6. The second kappa shape index (κ2) is 11.1. The zero-order valence-corrected chi connectivity index (χ0v) is 14.0. The Balaban J connectivity index is 0.000000309. The summed E-state index contributed by atoms with van der Waals surface area (Å²) in [4.78, 5) is 20.1. The molecule has 2 aromatic rings. The number of halogens is 3. The summed E-state index contributed by atoms with van der Waals surface area (Å²) in [6.45, 7) is 1.56. The van der Waals surface area contributed by atoms with E-state index >= 15 is 0 Å². The number of aldehydes is 1. The van der Waals surface area contributed by atoms with Crippen molar-refractivity contribution in [1.82, 2.24) is 0 Å². The highest BCUT2D eigenvalue weighted by Crippen LogP contribution is 2.21. The highest BCUT2D eigenvalue weighted by molar-refractivity contribution is 6.74. The molecule has 0 aliphatic heterocycles. The van der Waals surface area contributed by atoms with Crippen LogP contribution >= 0.6 is 34.8 Å². The van der Waals surface area contributed by atoms with Gasteiger partial charge in [0.25, 0.3) is 0 Å². The van der Waals surface area contributed by atoms with Crippen LogP contribution in [-0.2, 0) is 4.79 Å². The van der Waals surface area contributed by atoms with E-state index in [-0.39, 0.29) is 12.1 Å². The molecule has 0 unspecified atom stereocenters. The second-order valence-corrected chi connectivity index (χ2v) is 6.29. The van der Waals surface area contributed by atoms with Gasteiger partial charge in [-0.25, -0.2) is 0 Å². The van der Waals surface area contributed by atoms with Gasteiger partial charge in [-0.3, -0.25) is 9.59 Å². The van der Waals surface area contributed by atoms with Gasteiger partial charge in [-0.1, -0.05) is 83.3 Å². The standard InChI is InChI=1S/C8H8O.C6H6O.C2HCl3O/c1-7(9)8-5-3-2-4-6-8;7-6-4-2-1-3-5-6;3-2(4,5)1-6/h2-6H,1H3;1-5,7H;1H. The molecule has 0 aromatic heterocycles. The summed E-state index contributed by atoms with van der Waals surface area (Å²) in [6.07, 6.45) is 0.234. The smallest absolute Gasteiger partial charge is 0.245 e. The third kappa shape index (κ3) is 12.2. The lowest BCUT2D eigenvalue weighted by atomic mass is 10.2. The van der Waals surface area contributed by atoms with Crippen LogP contribution in [0.25, 0.3) is 0 Å². The highest BCUT2D eigenvalue weighted by atomic mass is 35.6. The highest BCUT2D eigenvalue weighted by Gasteiger charge is 2.16. The normalized spacial score (nSPS) is 9.45. The number of Topliss-reactive ketones (excluding diaryl/α,β-unsaturated/α-hetero) is 1. The zero-order valence-electron chi connectivity index (χ0n) is 11.7. The average molecular weight is 362 g/mol. The molecule has 0 aliphatic carbocycles. The van der Waals surface area contributed by atoms with E-state index in [1.807, 2.05) is 36.4 Å². The van der Waals surface area contributed by atoms with Gasteiger partial charge in [0.05, 0.1) is 0 Å². The first-order chi connectivity index (χ1) is 10.3. The first-order valence-corrected chi connectivity index (χ1v) is 7.22. The third-order valence-electron chi connectivity index (χ3n) is 2.07. The first kappa shape index (κ1) is 20.5. The van der Waals surface area contributed by atoms with Gasteiger partial charge < -0.3 is 5.11 Å². The fourth-order valence-corrected chi connectivity index (χ4v) is 1.10. The van der Waals surface area contributed by atoms with Gasteiger partial charge in [-0.2, -0.15) is 0 Å². The number of rotatable bonds is 1. The van der Waals surface area contributed by atoms with Gasteiger partial charge in [-0.15, -0.1) is 0 Å². The van der Waals surface area contributed by atoms with E-state index in [9.17, 15) is 9.59 Å². The van der Waals surface area contributed by atoms with Crippen molar-refractivity contribution in [2.24, 2.45) is 0 Å². The number of para-hydroxylation sites is 1. The molecule has 0 bridgehead atoms. The Kier molecular flexibility index (Phi) is 10.3. The van der Waals surface area contributed by atoms with E-state index in [2.05, 4.69) is 0 Å². The molecule has 0 saturated heterocycles. The molecule has 0 radical (unpaired) electrons. The minimum atomic E-state index is -1.72. The van der Waals surface area contributed by atoms with Crippen LogP contribution in [0, 0.1) is 0 Å². The van der Waals surface area contributed by atoms with E-state index in [1.165, 1.54) is 0 Å². The summed E-state index contributed by atoms with van der Waals surface area (Å²) in [6, 6.07) is 17.9. The van der Waals surface area contributed by atoms with Gasteiger partial charge in [0, 0.05) is 5.56 Å². The fourth-order valence-electron chi connectivity index (χ4n) is 1.10. The van der Waals surface area contributed by atoms with E-state index in [4.69, 9.17) is 39.9 Å². The predicted octanol–water partition coefficient (Wildman–Crippen LogP) is 4.84. The number of alkyl halides is 3. The molecule has 1 N–H and O–H groups in total. The van der Waals surface area contributed by atoms with E-state index in [1.54, 1.807) is 31.2 Å². The van der Waals surface area contributed by atoms with Crippen molar-refractivity contribution in [1.29, 1.82) is 0 Å². The Morgan fingerprint density at radius 2 is 1.32 bits per heavy atom. The van der Waals surface area contributed by atoms with E-state index in [0.717, 1.165) is 5.56 Å². The largest absolute Gasteiger partial charge is 0.508 e. The molecular weight excluding hydrogens is 347 g/mol. The number of aromatic hydroxyl groups is 1. The number of ketones is 1. The molecule has 0 amide bonds. The van der Waals surface area contributed by atoms with Crippen molar-refractivity contribution in [2.45, 2.75) is 10.7 Å². The molecule has 22 heavy (non-hydrogen) atoms. The summed E-state index contributed by atoms with van der Waals surface area (Å²) in [5.41, 5.74) is 0.775. The number of hydrogen-bond acceptors (Lipinski definition) is 3. The predicted molar refractivity (Wildman–Crippen MR) is 90.9 cm³/mol. The Morgan fingerprint density at radius 3 is 1.50 bits per heavy atom. The van der Waals surface area contributed by atoms with E-state index in [0.29, 0.717) is 5.75 Å². The number of carbonyl (C=O) groups is 2. The van der Waals surface area contributed by atoms with E-state index < -0.39 is 3.79 Å². The SMILES string of the molecule is CC(=O)c1ccccc1.O=CC(Cl)(Cl)Cl.Oc1ccccc1. The summed E-state index contributed by atoms with van der Waals surface area (Å²) >= 11 is 14.6. The quantitative estimate of drug-likeness (QED) is 0.449. The van der Waals surface area contributed by atoms with Crippen molar-refractivity contribution < 1.29 is 14.7 Å². The lowest BCUT2D eigenvalue weighted by molar-refractivity contribution is -0.107. The summed E-state index contributed by atoms with van der Waals surface area (Å²) in [7, 11) is 0. The maximum Gasteiger partial charge on any atom is 0.245 e. The van der Waals surface area contributed by atoms with Crippen LogP contribution in [-0.4, -0.2) is 21.0 Å². The molecule has 2 rings (SSSR count). The molecule has 118 valence electrons. The molecule has 0 heterocycles. The van der Waals surface area contributed by atoms with Crippen LogP contribution < -0.4 is 0 Å². The lowest BCUT2D eigenvalue weighted by Crippen LogP contribution is -2.00. The van der Waals surface area contributed by atoms with Crippen molar-refractivity contribution >= 4 is 46.9 Å². The van der Waals surface area contributed by atoms with Gasteiger partial charge in [0.1, 0.15) is 5.75 Å². The van der Waals surface area contributed by atoms with Gasteiger partial charge in [0.15, 0.2) is 12.1 Å². The zero-order chi connectivity index (χ0) is 17.0. The minimum absolute atomic E-state index is 0.121. The molecule has 0 saturated carbocycles. The molecule has 0 fully saturated rings. The number of benzene rings is 2. The Hall–Kier alpha value is -1.55. The minimum Gasteiger partial charge on any atom is -0.508 e. The van der Waals surface area contributed by atoms with Crippen LogP contribution in [0.3, 0.4) is 0 Å². The summed E-state index contributed by atoms with van der Waals surface area (Å²) in [5.74, 6) is 0.443. The van der Waals surface area contributed by atoms with Crippen LogP contribution in [0.5, 0.6) is 5.75 Å². The van der Waals surface area contributed by atoms with Crippen LogP contribution in [0.4, 0.5) is 0 Å². The van der Waals surface area contributed by atoms with Crippen LogP contribution in [0.2, 0.25) is 0 Å². The molecule has 0 spiro atoms. The van der Waals surface area contributed by atoms with Gasteiger partial charge in [-0.05, 0) is 19.1 Å². The van der Waals surface area contributed by atoms with Crippen molar-refractivity contribution in [3.8, 4) is 5.75 Å². The first-order valence-electron chi connectivity index (χ1n) is 6.09. The number of phenolic OH excluding ortho intramolecular Hbond substituents is 1. The Bertz CT molecular complexity index is 552.